The van der Waals surface area contributed by atoms with Crippen LogP contribution in [0.15, 0.2) is 24.3 Å². The molecule has 0 unspecified atom stereocenters. The largest absolute Gasteiger partial charge is 0.366 e. The lowest BCUT2D eigenvalue weighted by Crippen LogP contribution is -2.05. The zero-order chi connectivity index (χ0) is 13.8. The van der Waals surface area contributed by atoms with E-state index in [2.05, 4.69) is 15.3 Å². The molecule has 1 aromatic heterocycles. The first-order chi connectivity index (χ1) is 9.08. The third-order valence-electron chi connectivity index (χ3n) is 2.71. The van der Waals surface area contributed by atoms with E-state index in [0.717, 1.165) is 18.2 Å². The van der Waals surface area contributed by atoms with Crippen LogP contribution in [0.25, 0.3) is 0 Å². The monoisotopic (exact) mass is 263 g/mol. The van der Waals surface area contributed by atoms with E-state index in [1.54, 1.807) is 6.07 Å². The number of hydrogen-bond acceptors (Lipinski definition) is 3. The Hall–Kier alpha value is -2.04. The fourth-order valence-corrected chi connectivity index (χ4v) is 1.74. The average Bonchev–Trinajstić information content (AvgIpc) is 2.39. The fourth-order valence-electron chi connectivity index (χ4n) is 1.74. The summed E-state index contributed by atoms with van der Waals surface area (Å²) in [6.45, 7) is 4.22. The Balaban J connectivity index is 2.09. The van der Waals surface area contributed by atoms with Crippen molar-refractivity contribution >= 4 is 5.82 Å². The van der Waals surface area contributed by atoms with E-state index in [4.69, 9.17) is 0 Å². The molecule has 1 heterocycles. The molecular weight excluding hydrogens is 248 g/mol. The van der Waals surface area contributed by atoms with Gasteiger partial charge in [-0.05, 0) is 31.0 Å². The van der Waals surface area contributed by atoms with Crippen LogP contribution in [0, 0.1) is 18.6 Å². The minimum Gasteiger partial charge on any atom is -0.366 e. The van der Waals surface area contributed by atoms with Crippen LogP contribution in [-0.2, 0) is 13.0 Å². The zero-order valence-corrected chi connectivity index (χ0v) is 10.9. The molecule has 0 spiro atoms. The van der Waals surface area contributed by atoms with E-state index in [-0.39, 0.29) is 0 Å². The van der Waals surface area contributed by atoms with E-state index < -0.39 is 11.6 Å². The van der Waals surface area contributed by atoms with E-state index in [1.165, 1.54) is 6.07 Å². The van der Waals surface area contributed by atoms with Crippen LogP contribution in [0.3, 0.4) is 0 Å². The second-order valence-electron chi connectivity index (χ2n) is 4.25. The molecule has 0 saturated carbocycles. The summed E-state index contributed by atoms with van der Waals surface area (Å²) < 4.78 is 25.9. The van der Waals surface area contributed by atoms with Gasteiger partial charge in [-0.1, -0.05) is 13.0 Å². The van der Waals surface area contributed by atoms with Gasteiger partial charge in [-0.3, -0.25) is 0 Å². The van der Waals surface area contributed by atoms with Crippen molar-refractivity contribution < 1.29 is 8.78 Å². The highest BCUT2D eigenvalue weighted by Gasteiger charge is 2.04. The van der Waals surface area contributed by atoms with Gasteiger partial charge in [-0.25, -0.2) is 18.7 Å². The lowest BCUT2D eigenvalue weighted by Gasteiger charge is -2.08. The number of hydrogen-bond donors (Lipinski definition) is 1. The number of halogens is 2. The molecular formula is C14H15F2N3. The fraction of sp³-hybridized carbons (Fsp3) is 0.286. The smallest absolute Gasteiger partial charge is 0.159 e. The standard InChI is InChI=1S/C14H15F2N3/c1-3-11-7-14(19-9(2)18-11)17-8-10-4-5-12(15)13(16)6-10/h4-7H,3,8H2,1-2H3,(H,17,18,19). The highest BCUT2D eigenvalue weighted by molar-refractivity contribution is 5.37. The molecule has 0 saturated heterocycles. The van der Waals surface area contributed by atoms with Gasteiger partial charge in [0, 0.05) is 18.3 Å². The first-order valence-electron chi connectivity index (χ1n) is 6.11. The van der Waals surface area contributed by atoms with Crippen LogP contribution >= 0.6 is 0 Å². The molecule has 2 rings (SSSR count). The Morgan fingerprint density at radius 3 is 2.58 bits per heavy atom. The lowest BCUT2D eigenvalue weighted by atomic mass is 10.2. The van der Waals surface area contributed by atoms with Crippen molar-refractivity contribution in [1.82, 2.24) is 9.97 Å². The summed E-state index contributed by atoms with van der Waals surface area (Å²) >= 11 is 0. The van der Waals surface area contributed by atoms with E-state index >= 15 is 0 Å². The van der Waals surface area contributed by atoms with Crippen LogP contribution < -0.4 is 5.32 Å². The Kier molecular flexibility index (Phi) is 4.04. The Labute approximate surface area is 110 Å². The summed E-state index contributed by atoms with van der Waals surface area (Å²) in [7, 11) is 0. The van der Waals surface area contributed by atoms with Crippen LogP contribution in [0.1, 0.15) is 24.0 Å². The van der Waals surface area contributed by atoms with Gasteiger partial charge in [-0.15, -0.1) is 0 Å². The van der Waals surface area contributed by atoms with E-state index in [9.17, 15) is 8.78 Å². The summed E-state index contributed by atoms with van der Waals surface area (Å²) in [4.78, 5) is 8.52. The molecule has 0 fully saturated rings. The predicted molar refractivity (Wildman–Crippen MR) is 69.8 cm³/mol. The number of aryl methyl sites for hydroxylation is 2. The third kappa shape index (κ3) is 3.47. The molecule has 0 aliphatic heterocycles. The molecule has 0 bridgehead atoms. The molecule has 0 aliphatic carbocycles. The number of rotatable bonds is 4. The van der Waals surface area contributed by atoms with Crippen LogP contribution in [0.5, 0.6) is 0 Å². The van der Waals surface area contributed by atoms with Crippen LogP contribution in [0.2, 0.25) is 0 Å². The maximum absolute atomic E-state index is 13.1. The van der Waals surface area contributed by atoms with Crippen molar-refractivity contribution in [2.24, 2.45) is 0 Å². The summed E-state index contributed by atoms with van der Waals surface area (Å²) in [5, 5.41) is 3.08. The molecule has 0 amide bonds. The SMILES string of the molecule is CCc1cc(NCc2ccc(F)c(F)c2)nc(C)n1. The van der Waals surface area contributed by atoms with E-state index in [0.29, 0.717) is 23.8 Å². The first-order valence-corrected chi connectivity index (χ1v) is 6.11. The van der Waals surface area contributed by atoms with Crippen molar-refractivity contribution in [3.63, 3.8) is 0 Å². The minimum absolute atomic E-state index is 0.386. The molecule has 0 aliphatic rings. The number of benzene rings is 1. The molecule has 0 radical (unpaired) electrons. The first kappa shape index (κ1) is 13.4. The second-order valence-corrected chi connectivity index (χ2v) is 4.25. The molecule has 5 heteroatoms. The molecule has 1 N–H and O–H groups in total. The van der Waals surface area contributed by atoms with Crippen molar-refractivity contribution in [3.05, 3.63) is 53.0 Å². The second kappa shape index (κ2) is 5.73. The minimum atomic E-state index is -0.840. The average molecular weight is 263 g/mol. The van der Waals surface area contributed by atoms with Crippen molar-refractivity contribution in [3.8, 4) is 0 Å². The predicted octanol–water partition coefficient (Wildman–Crippen LogP) is 3.24. The normalized spacial score (nSPS) is 10.5. The van der Waals surface area contributed by atoms with Crippen molar-refractivity contribution in [2.45, 2.75) is 26.8 Å². The van der Waals surface area contributed by atoms with E-state index in [1.807, 2.05) is 19.9 Å². The molecule has 2 aromatic rings. The van der Waals surface area contributed by atoms with Gasteiger partial charge in [0.2, 0.25) is 0 Å². The molecule has 3 nitrogen and oxygen atoms in total. The van der Waals surface area contributed by atoms with Crippen molar-refractivity contribution in [2.75, 3.05) is 5.32 Å². The van der Waals surface area contributed by atoms with Gasteiger partial charge in [0.25, 0.3) is 0 Å². The summed E-state index contributed by atoms with van der Waals surface area (Å²) in [6, 6.07) is 5.69. The number of anilines is 1. The quantitative estimate of drug-likeness (QED) is 0.920. The van der Waals surface area contributed by atoms with Crippen LogP contribution in [0.4, 0.5) is 14.6 Å². The highest BCUT2D eigenvalue weighted by Crippen LogP contribution is 2.12. The lowest BCUT2D eigenvalue weighted by molar-refractivity contribution is 0.507. The van der Waals surface area contributed by atoms with Gasteiger partial charge in [0.05, 0.1) is 0 Å². The summed E-state index contributed by atoms with van der Waals surface area (Å²) in [5.74, 6) is -0.302. The molecule has 19 heavy (non-hydrogen) atoms. The molecule has 0 atom stereocenters. The highest BCUT2D eigenvalue weighted by atomic mass is 19.2. The van der Waals surface area contributed by atoms with Crippen molar-refractivity contribution in [1.29, 1.82) is 0 Å². The third-order valence-corrected chi connectivity index (χ3v) is 2.71. The van der Waals surface area contributed by atoms with Gasteiger partial charge in [0.15, 0.2) is 11.6 Å². The van der Waals surface area contributed by atoms with Gasteiger partial charge in [0.1, 0.15) is 11.6 Å². The summed E-state index contributed by atoms with van der Waals surface area (Å²) in [6.07, 6.45) is 0.823. The van der Waals surface area contributed by atoms with Gasteiger partial charge >= 0.3 is 0 Å². The topological polar surface area (TPSA) is 37.8 Å². The maximum Gasteiger partial charge on any atom is 0.159 e. The number of aromatic nitrogens is 2. The maximum atomic E-state index is 13.1. The summed E-state index contributed by atoms with van der Waals surface area (Å²) in [5.41, 5.74) is 1.61. The Morgan fingerprint density at radius 2 is 1.89 bits per heavy atom. The van der Waals surface area contributed by atoms with Crippen LogP contribution in [-0.4, -0.2) is 9.97 Å². The number of nitrogens with one attached hydrogen (secondary N) is 1. The molecule has 1 aromatic carbocycles. The van der Waals surface area contributed by atoms with Gasteiger partial charge < -0.3 is 5.32 Å². The molecule has 100 valence electrons. The Bertz CT molecular complexity index is 585. The van der Waals surface area contributed by atoms with Gasteiger partial charge in [-0.2, -0.15) is 0 Å². The Morgan fingerprint density at radius 1 is 1.11 bits per heavy atom. The zero-order valence-electron chi connectivity index (χ0n) is 10.9. The number of nitrogens with zero attached hydrogens (tertiary/aromatic N) is 2.